The molecule has 0 aliphatic rings. The molecule has 1 rings (SSSR count). The molecule has 0 heterocycles. The molecular formula is C10H13N7S2. The van der Waals surface area contributed by atoms with Crippen LogP contribution in [-0.2, 0) is 0 Å². The summed E-state index contributed by atoms with van der Waals surface area (Å²) in [5.41, 5.74) is 23.2. The molecule has 9 heteroatoms. The van der Waals surface area contributed by atoms with Crippen LogP contribution in [0.25, 0.3) is 0 Å². The summed E-state index contributed by atoms with van der Waals surface area (Å²) >= 11 is 9.24. The number of rotatable bonds is 4. The average molecular weight is 295 g/mol. The van der Waals surface area contributed by atoms with Crippen molar-refractivity contribution in [2.45, 2.75) is 0 Å². The molecule has 0 unspecified atom stereocenters. The maximum absolute atomic E-state index is 5.76. The largest absolute Gasteiger partial charge is 0.399 e. The number of benzene rings is 1. The van der Waals surface area contributed by atoms with Crippen LogP contribution < -0.4 is 28.1 Å². The van der Waals surface area contributed by atoms with Gasteiger partial charge in [-0.2, -0.15) is 10.2 Å². The highest BCUT2D eigenvalue weighted by Crippen LogP contribution is 2.08. The molecule has 0 bridgehead atoms. The Balaban J connectivity index is 2.81. The number of thiocarbonyl (C=S) groups is 2. The summed E-state index contributed by atoms with van der Waals surface area (Å²) in [6.07, 6.45) is 3.07. The molecule has 0 fully saturated rings. The molecule has 0 radical (unpaired) electrons. The first-order valence-electron chi connectivity index (χ1n) is 5.05. The number of nitrogens with zero attached hydrogens (tertiary/aromatic N) is 2. The zero-order chi connectivity index (χ0) is 14.3. The van der Waals surface area contributed by atoms with Gasteiger partial charge in [0.2, 0.25) is 0 Å². The van der Waals surface area contributed by atoms with Crippen LogP contribution in [0, 0.1) is 0 Å². The van der Waals surface area contributed by atoms with Crippen LogP contribution in [0.5, 0.6) is 0 Å². The Morgan fingerprint density at radius 1 is 0.947 bits per heavy atom. The van der Waals surface area contributed by atoms with Gasteiger partial charge in [-0.1, -0.05) is 0 Å². The molecule has 0 amide bonds. The Morgan fingerprint density at radius 2 is 1.37 bits per heavy atom. The number of nitrogen functional groups attached to an aromatic ring is 1. The molecule has 0 saturated carbocycles. The van der Waals surface area contributed by atoms with E-state index >= 15 is 0 Å². The van der Waals surface area contributed by atoms with E-state index in [9.17, 15) is 0 Å². The van der Waals surface area contributed by atoms with Crippen molar-refractivity contribution in [2.75, 3.05) is 5.73 Å². The summed E-state index contributed by atoms with van der Waals surface area (Å²) in [7, 11) is 0. The predicted molar refractivity (Wildman–Crippen MR) is 85.9 cm³/mol. The Bertz CT molecular complexity index is 494. The van der Waals surface area contributed by atoms with Crippen LogP contribution >= 0.6 is 24.4 Å². The highest BCUT2D eigenvalue weighted by atomic mass is 32.1. The Labute approximate surface area is 120 Å². The Morgan fingerprint density at radius 3 is 1.74 bits per heavy atom. The Kier molecular flexibility index (Phi) is 5.64. The molecule has 7 nitrogen and oxygen atoms in total. The van der Waals surface area contributed by atoms with Crippen molar-refractivity contribution in [2.24, 2.45) is 21.7 Å². The minimum absolute atomic E-state index is 0.0857. The normalized spacial score (nSPS) is 10.7. The third-order valence-corrected chi connectivity index (χ3v) is 1.96. The second-order valence-corrected chi connectivity index (χ2v) is 4.28. The fourth-order valence-electron chi connectivity index (χ4n) is 1.19. The van der Waals surface area contributed by atoms with Gasteiger partial charge in [0.05, 0.1) is 12.4 Å². The lowest BCUT2D eigenvalue weighted by molar-refractivity contribution is 1.04. The minimum atomic E-state index is 0.0857. The summed E-state index contributed by atoms with van der Waals surface area (Å²) in [4.78, 5) is 0. The Hall–Kier alpha value is -2.26. The first-order valence-corrected chi connectivity index (χ1v) is 5.86. The van der Waals surface area contributed by atoms with Gasteiger partial charge in [-0.05, 0) is 53.8 Å². The number of nitrogens with two attached hydrogens (primary N) is 3. The molecule has 100 valence electrons. The zero-order valence-electron chi connectivity index (χ0n) is 9.83. The van der Waals surface area contributed by atoms with Crippen LogP contribution in [0.15, 0.2) is 28.4 Å². The van der Waals surface area contributed by atoms with Crippen molar-refractivity contribution in [3.63, 3.8) is 0 Å². The van der Waals surface area contributed by atoms with E-state index in [2.05, 4.69) is 45.5 Å². The van der Waals surface area contributed by atoms with E-state index in [1.807, 2.05) is 6.07 Å². The van der Waals surface area contributed by atoms with Gasteiger partial charge < -0.3 is 17.2 Å². The molecule has 1 aromatic carbocycles. The molecule has 1 aromatic rings. The minimum Gasteiger partial charge on any atom is -0.399 e. The number of nitrogens with one attached hydrogen (secondary N) is 2. The van der Waals surface area contributed by atoms with E-state index in [0.29, 0.717) is 5.69 Å². The highest BCUT2D eigenvalue weighted by molar-refractivity contribution is 7.80. The molecule has 19 heavy (non-hydrogen) atoms. The van der Waals surface area contributed by atoms with E-state index < -0.39 is 0 Å². The van der Waals surface area contributed by atoms with Crippen LogP contribution in [0.3, 0.4) is 0 Å². The summed E-state index contributed by atoms with van der Waals surface area (Å²) in [5.74, 6) is 0. The van der Waals surface area contributed by atoms with Gasteiger partial charge in [0, 0.05) is 5.69 Å². The molecule has 0 spiro atoms. The first-order chi connectivity index (χ1) is 8.97. The van der Waals surface area contributed by atoms with Gasteiger partial charge in [0.15, 0.2) is 10.2 Å². The molecule has 0 saturated heterocycles. The van der Waals surface area contributed by atoms with E-state index in [-0.39, 0.29) is 10.2 Å². The lowest BCUT2D eigenvalue weighted by Gasteiger charge is -2.01. The van der Waals surface area contributed by atoms with Gasteiger partial charge in [0.25, 0.3) is 0 Å². The van der Waals surface area contributed by atoms with Crippen LogP contribution in [0.1, 0.15) is 11.1 Å². The van der Waals surface area contributed by atoms with Crippen LogP contribution in [0.2, 0.25) is 0 Å². The highest BCUT2D eigenvalue weighted by Gasteiger charge is 1.96. The summed E-state index contributed by atoms with van der Waals surface area (Å²) in [6, 6.07) is 5.29. The molecule has 0 aliphatic carbocycles. The van der Waals surface area contributed by atoms with Gasteiger partial charge in [0.1, 0.15) is 0 Å². The summed E-state index contributed by atoms with van der Waals surface area (Å²) < 4.78 is 0. The van der Waals surface area contributed by atoms with Crippen LogP contribution in [-0.4, -0.2) is 22.7 Å². The molecular weight excluding hydrogens is 282 g/mol. The fraction of sp³-hybridized carbons (Fsp3) is 0. The van der Waals surface area contributed by atoms with Gasteiger partial charge in [-0.25, -0.2) is 0 Å². The average Bonchev–Trinajstić information content (AvgIpc) is 2.27. The summed E-state index contributed by atoms with van der Waals surface area (Å²) in [6.45, 7) is 0. The second kappa shape index (κ2) is 7.24. The third kappa shape index (κ3) is 6.29. The third-order valence-electron chi connectivity index (χ3n) is 1.78. The van der Waals surface area contributed by atoms with E-state index in [1.165, 1.54) is 12.4 Å². The second-order valence-electron chi connectivity index (χ2n) is 3.40. The monoisotopic (exact) mass is 295 g/mol. The maximum atomic E-state index is 5.76. The quantitative estimate of drug-likeness (QED) is 0.221. The number of hydrazone groups is 2. The smallest absolute Gasteiger partial charge is 0.184 e. The number of anilines is 1. The SMILES string of the molecule is NC(=S)NN=Cc1cc(N)cc(C=NNC(N)=S)c1. The first kappa shape index (κ1) is 14.8. The van der Waals surface area contributed by atoms with Gasteiger partial charge in [-0.15, -0.1) is 0 Å². The van der Waals surface area contributed by atoms with Crippen molar-refractivity contribution in [3.05, 3.63) is 29.3 Å². The summed E-state index contributed by atoms with van der Waals surface area (Å²) in [5, 5.41) is 7.84. The fourth-order valence-corrected chi connectivity index (χ4v) is 1.30. The lowest BCUT2D eigenvalue weighted by Crippen LogP contribution is -2.24. The molecule has 8 N–H and O–H groups in total. The number of hydrogen-bond donors (Lipinski definition) is 5. The molecule has 0 aliphatic heterocycles. The van der Waals surface area contributed by atoms with Crippen molar-refractivity contribution in [3.8, 4) is 0 Å². The number of hydrogen-bond acceptors (Lipinski definition) is 5. The topological polar surface area (TPSA) is 127 Å². The van der Waals surface area contributed by atoms with Crippen molar-refractivity contribution in [1.82, 2.24) is 10.9 Å². The van der Waals surface area contributed by atoms with Crippen molar-refractivity contribution >= 4 is 52.8 Å². The zero-order valence-corrected chi connectivity index (χ0v) is 11.5. The van der Waals surface area contributed by atoms with E-state index in [1.54, 1.807) is 12.1 Å². The van der Waals surface area contributed by atoms with Crippen LogP contribution in [0.4, 0.5) is 5.69 Å². The molecule has 0 aromatic heterocycles. The van der Waals surface area contributed by atoms with Gasteiger partial charge in [-0.3, -0.25) is 10.9 Å². The van der Waals surface area contributed by atoms with Crippen molar-refractivity contribution < 1.29 is 0 Å². The lowest BCUT2D eigenvalue weighted by atomic mass is 10.1. The van der Waals surface area contributed by atoms with Gasteiger partial charge >= 0.3 is 0 Å². The van der Waals surface area contributed by atoms with E-state index in [0.717, 1.165) is 11.1 Å². The standard InChI is InChI=1S/C10H13N7S2/c11-8-2-6(4-14-16-9(12)18)1-7(3-8)5-15-17-10(13)19/h1-5H,11H2,(H3,12,16,18)(H3,13,17,19). The molecule has 0 atom stereocenters. The van der Waals surface area contributed by atoms with E-state index in [4.69, 9.17) is 17.2 Å². The predicted octanol–water partition coefficient (Wildman–Crippen LogP) is -0.397. The van der Waals surface area contributed by atoms with Crippen molar-refractivity contribution in [1.29, 1.82) is 0 Å². The maximum Gasteiger partial charge on any atom is 0.184 e.